The summed E-state index contributed by atoms with van der Waals surface area (Å²) in [4.78, 5) is 39.2. The van der Waals surface area contributed by atoms with Crippen LogP contribution in [0.5, 0.6) is 0 Å². The second-order valence-corrected chi connectivity index (χ2v) is 7.55. The van der Waals surface area contributed by atoms with Crippen molar-refractivity contribution in [1.82, 2.24) is 0 Å². The Hall–Kier alpha value is -2.74. The molecule has 8 heteroatoms. The third-order valence-electron chi connectivity index (χ3n) is 4.65. The van der Waals surface area contributed by atoms with Crippen molar-refractivity contribution in [1.29, 1.82) is 0 Å². The van der Waals surface area contributed by atoms with Gasteiger partial charge in [0.25, 0.3) is 0 Å². The number of esters is 1. The molecular weight excluding hydrogens is 371 g/mol. The Morgan fingerprint density at radius 1 is 1.30 bits per heavy atom. The fourth-order valence-corrected chi connectivity index (χ4v) is 4.11. The van der Waals surface area contributed by atoms with E-state index in [0.29, 0.717) is 10.6 Å². The molecule has 0 spiro atoms. The minimum Gasteiger partial charge on any atom is -0.465 e. The number of nitrogens with one attached hydrogen (secondary N) is 1. The molecule has 0 unspecified atom stereocenters. The van der Waals surface area contributed by atoms with Crippen LogP contribution in [0.25, 0.3) is 0 Å². The smallest absolute Gasteiger partial charge is 0.341 e. The number of benzene rings is 1. The second-order valence-electron chi connectivity index (χ2n) is 6.33. The third kappa shape index (κ3) is 3.57. The molecule has 1 aromatic heterocycles. The van der Waals surface area contributed by atoms with Crippen molar-refractivity contribution in [3.63, 3.8) is 0 Å². The van der Waals surface area contributed by atoms with E-state index in [1.54, 1.807) is 19.1 Å². The average Bonchev–Trinajstić information content (AvgIpc) is 3.15. The number of anilines is 2. The van der Waals surface area contributed by atoms with Gasteiger partial charge in [-0.25, -0.2) is 9.18 Å². The van der Waals surface area contributed by atoms with Crippen LogP contribution in [0, 0.1) is 25.6 Å². The molecule has 1 fully saturated rings. The first-order valence-electron chi connectivity index (χ1n) is 8.37. The maximum atomic E-state index is 14.0. The van der Waals surface area contributed by atoms with Crippen LogP contribution in [0.1, 0.15) is 27.2 Å². The topological polar surface area (TPSA) is 75.7 Å². The molecule has 6 nitrogen and oxygen atoms in total. The first kappa shape index (κ1) is 19.0. The summed E-state index contributed by atoms with van der Waals surface area (Å²) in [6.45, 7) is 3.72. The van der Waals surface area contributed by atoms with Crippen molar-refractivity contribution in [2.75, 3.05) is 23.9 Å². The number of amides is 2. The number of hydrogen-bond donors (Lipinski definition) is 1. The van der Waals surface area contributed by atoms with E-state index in [1.165, 1.54) is 35.5 Å². The van der Waals surface area contributed by atoms with Gasteiger partial charge in [-0.1, -0.05) is 12.1 Å². The first-order valence-corrected chi connectivity index (χ1v) is 9.19. The molecule has 2 amide bonds. The maximum absolute atomic E-state index is 14.0. The molecule has 3 rings (SSSR count). The van der Waals surface area contributed by atoms with Gasteiger partial charge in [0.15, 0.2) is 0 Å². The van der Waals surface area contributed by atoms with Crippen LogP contribution in [0.2, 0.25) is 0 Å². The summed E-state index contributed by atoms with van der Waals surface area (Å²) in [6, 6.07) is 5.96. The minimum atomic E-state index is -0.634. The zero-order valence-electron chi connectivity index (χ0n) is 15.2. The number of thiophene rings is 1. The summed E-state index contributed by atoms with van der Waals surface area (Å²) >= 11 is 1.28. The number of methoxy groups -OCH3 is 1. The zero-order valence-corrected chi connectivity index (χ0v) is 16.0. The normalized spacial score (nSPS) is 16.5. The Morgan fingerprint density at radius 2 is 2.00 bits per heavy atom. The van der Waals surface area contributed by atoms with E-state index in [-0.39, 0.29) is 30.5 Å². The van der Waals surface area contributed by atoms with Gasteiger partial charge in [0, 0.05) is 17.8 Å². The first-order chi connectivity index (χ1) is 12.8. The molecule has 1 aromatic carbocycles. The van der Waals surface area contributed by atoms with Gasteiger partial charge in [0.05, 0.1) is 24.3 Å². The molecular formula is C19H19FN2O4S. The van der Waals surface area contributed by atoms with Gasteiger partial charge in [-0.05, 0) is 31.5 Å². The highest BCUT2D eigenvalue weighted by molar-refractivity contribution is 7.16. The SMILES string of the molecule is COC(=O)c1c(NC(=O)[C@@H]2CC(=O)N(c3ccccc3F)C2)sc(C)c1C. The monoisotopic (exact) mass is 390 g/mol. The van der Waals surface area contributed by atoms with Crippen LogP contribution in [-0.2, 0) is 14.3 Å². The van der Waals surface area contributed by atoms with Crippen LogP contribution in [0.4, 0.5) is 15.1 Å². The van der Waals surface area contributed by atoms with Gasteiger partial charge in [0.2, 0.25) is 11.8 Å². The molecule has 0 radical (unpaired) electrons. The third-order valence-corrected chi connectivity index (χ3v) is 5.77. The molecule has 0 aliphatic carbocycles. The summed E-state index contributed by atoms with van der Waals surface area (Å²) in [7, 11) is 1.28. The van der Waals surface area contributed by atoms with Gasteiger partial charge in [-0.3, -0.25) is 9.59 Å². The number of hydrogen-bond acceptors (Lipinski definition) is 5. The van der Waals surface area contributed by atoms with E-state index >= 15 is 0 Å². The number of para-hydroxylation sites is 1. The molecule has 1 atom stereocenters. The lowest BCUT2D eigenvalue weighted by molar-refractivity contribution is -0.122. The molecule has 1 aliphatic rings. The van der Waals surface area contributed by atoms with Gasteiger partial charge in [0.1, 0.15) is 10.8 Å². The molecule has 27 heavy (non-hydrogen) atoms. The van der Waals surface area contributed by atoms with Crippen LogP contribution >= 0.6 is 11.3 Å². The van der Waals surface area contributed by atoms with Crippen molar-refractivity contribution >= 4 is 39.8 Å². The summed E-state index contributed by atoms with van der Waals surface area (Å²) in [6.07, 6.45) is -0.0168. The van der Waals surface area contributed by atoms with Crippen molar-refractivity contribution in [2.24, 2.45) is 5.92 Å². The molecule has 0 bridgehead atoms. The highest BCUT2D eigenvalue weighted by Crippen LogP contribution is 2.34. The van der Waals surface area contributed by atoms with Gasteiger partial charge >= 0.3 is 5.97 Å². The highest BCUT2D eigenvalue weighted by Gasteiger charge is 2.37. The summed E-state index contributed by atoms with van der Waals surface area (Å²) in [5, 5.41) is 3.14. The quantitative estimate of drug-likeness (QED) is 0.813. The summed E-state index contributed by atoms with van der Waals surface area (Å²) in [5.74, 6) is -2.36. The maximum Gasteiger partial charge on any atom is 0.341 e. The van der Waals surface area contributed by atoms with Crippen LogP contribution < -0.4 is 10.2 Å². The molecule has 2 heterocycles. The predicted octanol–water partition coefficient (Wildman–Crippen LogP) is 3.28. The number of halogens is 1. The van der Waals surface area contributed by atoms with E-state index in [4.69, 9.17) is 4.74 Å². The van der Waals surface area contributed by atoms with E-state index in [1.807, 2.05) is 6.92 Å². The average molecular weight is 390 g/mol. The Morgan fingerprint density at radius 3 is 2.67 bits per heavy atom. The van der Waals surface area contributed by atoms with E-state index in [0.717, 1.165) is 10.4 Å². The molecule has 2 aromatic rings. The fraction of sp³-hybridized carbons (Fsp3) is 0.316. The van der Waals surface area contributed by atoms with Crippen molar-refractivity contribution in [3.05, 3.63) is 46.1 Å². The molecule has 1 saturated heterocycles. The largest absolute Gasteiger partial charge is 0.465 e. The lowest BCUT2D eigenvalue weighted by Crippen LogP contribution is -2.28. The predicted molar refractivity (Wildman–Crippen MR) is 101 cm³/mol. The fourth-order valence-electron chi connectivity index (χ4n) is 3.06. The van der Waals surface area contributed by atoms with Crippen molar-refractivity contribution in [2.45, 2.75) is 20.3 Å². The van der Waals surface area contributed by atoms with Gasteiger partial charge < -0.3 is 15.0 Å². The highest BCUT2D eigenvalue weighted by atomic mass is 32.1. The Bertz CT molecular complexity index is 924. The molecule has 1 aliphatic heterocycles. The van der Waals surface area contributed by atoms with Gasteiger partial charge in [-0.2, -0.15) is 0 Å². The number of carbonyl (C=O) groups is 3. The van der Waals surface area contributed by atoms with E-state index in [9.17, 15) is 18.8 Å². The van der Waals surface area contributed by atoms with Gasteiger partial charge in [-0.15, -0.1) is 11.3 Å². The number of rotatable bonds is 4. The lowest BCUT2D eigenvalue weighted by Gasteiger charge is -2.17. The number of carbonyl (C=O) groups excluding carboxylic acids is 3. The van der Waals surface area contributed by atoms with Crippen LogP contribution in [0.15, 0.2) is 24.3 Å². The molecule has 0 saturated carbocycles. The summed E-state index contributed by atoms with van der Waals surface area (Å²) in [5.41, 5.74) is 1.23. The van der Waals surface area contributed by atoms with Crippen LogP contribution in [-0.4, -0.2) is 31.4 Å². The van der Waals surface area contributed by atoms with Crippen LogP contribution in [0.3, 0.4) is 0 Å². The standard InChI is InChI=1S/C19H19FN2O4S/c1-10-11(2)27-18(16(10)19(25)26-3)21-17(24)12-8-15(23)22(9-12)14-7-5-4-6-13(14)20/h4-7,12H,8-9H2,1-3H3,(H,21,24)/t12-/m1/s1. The minimum absolute atomic E-state index is 0.0168. The number of ether oxygens (including phenoxy) is 1. The van der Waals surface area contributed by atoms with E-state index < -0.39 is 17.7 Å². The number of aryl methyl sites for hydroxylation is 1. The Balaban J connectivity index is 1.79. The number of nitrogens with zero attached hydrogens (tertiary/aromatic N) is 1. The Labute approximate surface area is 159 Å². The zero-order chi connectivity index (χ0) is 19.7. The second kappa shape index (κ2) is 7.48. The summed E-state index contributed by atoms with van der Waals surface area (Å²) < 4.78 is 18.8. The van der Waals surface area contributed by atoms with E-state index in [2.05, 4.69) is 5.32 Å². The lowest BCUT2D eigenvalue weighted by atomic mass is 10.1. The molecule has 142 valence electrons. The molecule has 1 N–H and O–H groups in total. The Kier molecular flexibility index (Phi) is 5.27. The van der Waals surface area contributed by atoms with Crippen molar-refractivity contribution in [3.8, 4) is 0 Å². The van der Waals surface area contributed by atoms with Crippen molar-refractivity contribution < 1.29 is 23.5 Å².